The second-order valence-electron chi connectivity index (χ2n) is 7.59. The lowest BCUT2D eigenvalue weighted by Crippen LogP contribution is -2.50. The molecule has 1 saturated heterocycles. The van der Waals surface area contributed by atoms with Gasteiger partial charge in [0.05, 0.1) is 16.4 Å². The van der Waals surface area contributed by atoms with E-state index in [1.165, 1.54) is 16.3 Å². The zero-order valence-electron chi connectivity index (χ0n) is 17.5. The highest BCUT2D eigenvalue weighted by Gasteiger charge is 2.23. The van der Waals surface area contributed by atoms with Crippen molar-refractivity contribution in [1.82, 2.24) is 14.7 Å². The van der Waals surface area contributed by atoms with Gasteiger partial charge in [0.15, 0.2) is 0 Å². The molecular formula is C23H24ClN5O2. The van der Waals surface area contributed by atoms with Crippen molar-refractivity contribution in [1.29, 1.82) is 0 Å². The van der Waals surface area contributed by atoms with E-state index in [-0.39, 0.29) is 11.6 Å². The number of halogens is 1. The van der Waals surface area contributed by atoms with Gasteiger partial charge in [-0.15, -0.1) is 5.10 Å². The van der Waals surface area contributed by atoms with E-state index < -0.39 is 0 Å². The van der Waals surface area contributed by atoms with Crippen LogP contribution in [0.25, 0.3) is 5.69 Å². The minimum absolute atomic E-state index is 0.176. The second-order valence-corrected chi connectivity index (χ2v) is 8.00. The van der Waals surface area contributed by atoms with Crippen molar-refractivity contribution in [3.8, 4) is 5.69 Å². The zero-order valence-corrected chi connectivity index (χ0v) is 18.3. The van der Waals surface area contributed by atoms with Gasteiger partial charge in [-0.25, -0.2) is 4.79 Å². The van der Waals surface area contributed by atoms with Crippen LogP contribution < -0.4 is 15.8 Å². The molecule has 1 N–H and O–H groups in total. The Morgan fingerprint density at radius 3 is 2.42 bits per heavy atom. The van der Waals surface area contributed by atoms with Crippen LogP contribution in [0.2, 0.25) is 5.02 Å². The van der Waals surface area contributed by atoms with Crippen LogP contribution in [0.5, 0.6) is 0 Å². The van der Waals surface area contributed by atoms with Gasteiger partial charge in [0, 0.05) is 32.2 Å². The molecule has 0 unspecified atom stereocenters. The standard InChI is InChI=1S/C23H24ClN5O2/c1-16-7-8-18(15-17(16)2)29-22(30)10-9-21(26-29)27-11-13-28(14-12-27)23(31)25-20-6-4-3-5-19(20)24/h3-10,15H,11-14H2,1-2H3,(H,25,31). The van der Waals surface area contributed by atoms with Gasteiger partial charge in [-0.2, -0.15) is 4.68 Å². The van der Waals surface area contributed by atoms with Crippen LogP contribution in [-0.4, -0.2) is 46.9 Å². The summed E-state index contributed by atoms with van der Waals surface area (Å²) in [4.78, 5) is 28.8. The van der Waals surface area contributed by atoms with E-state index in [2.05, 4.69) is 15.3 Å². The fourth-order valence-electron chi connectivity index (χ4n) is 3.51. The zero-order chi connectivity index (χ0) is 22.0. The average molecular weight is 438 g/mol. The lowest BCUT2D eigenvalue weighted by Gasteiger charge is -2.35. The summed E-state index contributed by atoms with van der Waals surface area (Å²) in [5, 5.41) is 7.94. The van der Waals surface area contributed by atoms with E-state index >= 15 is 0 Å². The number of hydrogen-bond acceptors (Lipinski definition) is 4. The predicted molar refractivity (Wildman–Crippen MR) is 124 cm³/mol. The van der Waals surface area contributed by atoms with Crippen molar-refractivity contribution in [3.63, 3.8) is 0 Å². The number of anilines is 2. The van der Waals surface area contributed by atoms with E-state index in [4.69, 9.17) is 11.6 Å². The number of rotatable bonds is 3. The number of nitrogens with zero attached hydrogens (tertiary/aromatic N) is 4. The molecule has 1 aliphatic heterocycles. The highest BCUT2D eigenvalue weighted by Crippen LogP contribution is 2.21. The van der Waals surface area contributed by atoms with E-state index in [0.29, 0.717) is 42.7 Å². The summed E-state index contributed by atoms with van der Waals surface area (Å²) >= 11 is 6.13. The maximum atomic E-state index is 12.6. The molecule has 8 heteroatoms. The van der Waals surface area contributed by atoms with Crippen molar-refractivity contribution < 1.29 is 4.79 Å². The lowest BCUT2D eigenvalue weighted by atomic mass is 10.1. The van der Waals surface area contributed by atoms with E-state index in [9.17, 15) is 9.59 Å². The third-order valence-corrected chi connectivity index (χ3v) is 5.86. The number of aromatic nitrogens is 2. The van der Waals surface area contributed by atoms with Gasteiger partial charge in [-0.3, -0.25) is 4.79 Å². The van der Waals surface area contributed by atoms with Gasteiger partial charge in [0.25, 0.3) is 5.56 Å². The number of carbonyl (C=O) groups is 1. The number of para-hydroxylation sites is 1. The number of hydrogen-bond donors (Lipinski definition) is 1. The third kappa shape index (κ3) is 4.56. The molecule has 0 spiro atoms. The number of benzene rings is 2. The monoisotopic (exact) mass is 437 g/mol. The summed E-state index contributed by atoms with van der Waals surface area (Å²) in [7, 11) is 0. The van der Waals surface area contributed by atoms with Crippen LogP contribution in [0, 0.1) is 13.8 Å². The molecule has 7 nitrogen and oxygen atoms in total. The van der Waals surface area contributed by atoms with Crippen molar-refractivity contribution >= 4 is 29.1 Å². The first-order chi connectivity index (χ1) is 14.9. The topological polar surface area (TPSA) is 70.5 Å². The molecule has 2 aromatic carbocycles. The molecule has 0 atom stereocenters. The first-order valence-electron chi connectivity index (χ1n) is 10.2. The minimum atomic E-state index is -0.180. The Labute approximate surface area is 185 Å². The van der Waals surface area contributed by atoms with Crippen molar-refractivity contribution in [2.75, 3.05) is 36.4 Å². The summed E-state index contributed by atoms with van der Waals surface area (Å²) in [6.45, 7) is 6.37. The Bertz CT molecular complexity index is 1170. The lowest BCUT2D eigenvalue weighted by molar-refractivity contribution is 0.208. The van der Waals surface area contributed by atoms with Gasteiger partial charge < -0.3 is 15.1 Å². The molecule has 2 heterocycles. The van der Waals surface area contributed by atoms with Crippen molar-refractivity contribution in [2.24, 2.45) is 0 Å². The quantitative estimate of drug-likeness (QED) is 0.675. The van der Waals surface area contributed by atoms with Gasteiger partial charge in [-0.1, -0.05) is 29.8 Å². The maximum Gasteiger partial charge on any atom is 0.322 e. The molecule has 0 saturated carbocycles. The maximum absolute atomic E-state index is 12.6. The molecule has 0 bridgehead atoms. The molecule has 0 aliphatic carbocycles. The van der Waals surface area contributed by atoms with Gasteiger partial charge in [-0.05, 0) is 55.3 Å². The van der Waals surface area contributed by atoms with Crippen LogP contribution in [0.4, 0.5) is 16.3 Å². The normalized spacial score (nSPS) is 13.9. The van der Waals surface area contributed by atoms with Crippen molar-refractivity contribution in [3.05, 3.63) is 81.1 Å². The molecule has 3 aromatic rings. The first-order valence-corrected chi connectivity index (χ1v) is 10.5. The van der Waals surface area contributed by atoms with Crippen LogP contribution in [0.3, 0.4) is 0 Å². The van der Waals surface area contributed by atoms with E-state index in [1.54, 1.807) is 23.1 Å². The molecule has 0 radical (unpaired) electrons. The summed E-state index contributed by atoms with van der Waals surface area (Å²) in [5.74, 6) is 0.712. The summed E-state index contributed by atoms with van der Waals surface area (Å²) < 4.78 is 1.43. The van der Waals surface area contributed by atoms with Gasteiger partial charge in [0.1, 0.15) is 5.82 Å². The average Bonchev–Trinajstić information content (AvgIpc) is 2.78. The SMILES string of the molecule is Cc1ccc(-n2nc(N3CCN(C(=O)Nc4ccccc4Cl)CC3)ccc2=O)cc1C. The number of aryl methyl sites for hydroxylation is 2. The van der Waals surface area contributed by atoms with Crippen LogP contribution >= 0.6 is 11.6 Å². The fourth-order valence-corrected chi connectivity index (χ4v) is 3.69. The highest BCUT2D eigenvalue weighted by molar-refractivity contribution is 6.33. The van der Waals surface area contributed by atoms with Gasteiger partial charge in [0.2, 0.25) is 0 Å². The first kappa shape index (κ1) is 20.9. The number of urea groups is 1. The Morgan fingerprint density at radius 2 is 1.71 bits per heavy atom. The smallest absolute Gasteiger partial charge is 0.322 e. The van der Waals surface area contributed by atoms with Crippen LogP contribution in [-0.2, 0) is 0 Å². The Hall–Kier alpha value is -3.32. The number of piperazine rings is 1. The Kier molecular flexibility index (Phi) is 5.95. The molecule has 1 fully saturated rings. The van der Waals surface area contributed by atoms with E-state index in [0.717, 1.165) is 11.3 Å². The minimum Gasteiger partial charge on any atom is -0.352 e. The van der Waals surface area contributed by atoms with Gasteiger partial charge >= 0.3 is 6.03 Å². The molecule has 31 heavy (non-hydrogen) atoms. The Morgan fingerprint density at radius 1 is 0.968 bits per heavy atom. The summed E-state index contributed by atoms with van der Waals surface area (Å²) in [5.41, 5.74) is 3.44. The molecular weight excluding hydrogens is 414 g/mol. The second kappa shape index (κ2) is 8.81. The third-order valence-electron chi connectivity index (χ3n) is 5.53. The Balaban J connectivity index is 1.45. The predicted octanol–water partition coefficient (Wildman–Crippen LogP) is 3.86. The van der Waals surface area contributed by atoms with Crippen LogP contribution in [0.1, 0.15) is 11.1 Å². The van der Waals surface area contributed by atoms with Crippen molar-refractivity contribution in [2.45, 2.75) is 13.8 Å². The van der Waals surface area contributed by atoms with E-state index in [1.807, 2.05) is 44.2 Å². The van der Waals surface area contributed by atoms with Crippen LogP contribution in [0.15, 0.2) is 59.4 Å². The molecule has 1 aromatic heterocycles. The molecule has 160 valence electrons. The largest absolute Gasteiger partial charge is 0.352 e. The number of amides is 2. The highest BCUT2D eigenvalue weighted by atomic mass is 35.5. The fraction of sp³-hybridized carbons (Fsp3) is 0.261. The number of carbonyl (C=O) groups excluding carboxylic acids is 1. The molecule has 4 rings (SSSR count). The molecule has 2 amide bonds. The molecule has 1 aliphatic rings. The number of nitrogens with one attached hydrogen (secondary N) is 1. The summed E-state index contributed by atoms with van der Waals surface area (Å²) in [6, 6.07) is 16.1. The summed E-state index contributed by atoms with van der Waals surface area (Å²) in [6.07, 6.45) is 0.